The van der Waals surface area contributed by atoms with Gasteiger partial charge in [0.05, 0.1) is 11.9 Å². The molecule has 0 atom stereocenters. The molecule has 2 rings (SSSR count). The van der Waals surface area contributed by atoms with Crippen molar-refractivity contribution in [3.8, 4) is 6.07 Å². The van der Waals surface area contributed by atoms with E-state index in [1.807, 2.05) is 23.9 Å². The number of hydrogen-bond acceptors (Lipinski definition) is 3. The van der Waals surface area contributed by atoms with Crippen molar-refractivity contribution < 1.29 is 0 Å². The van der Waals surface area contributed by atoms with Crippen molar-refractivity contribution in [2.45, 2.75) is 6.54 Å². The Labute approximate surface area is 87.3 Å². The number of nitrogens with zero attached hydrogens (tertiary/aromatic N) is 3. The lowest BCUT2D eigenvalue weighted by Gasteiger charge is -1.99. The Kier molecular flexibility index (Phi) is 2.42. The van der Waals surface area contributed by atoms with Crippen molar-refractivity contribution in [3.63, 3.8) is 0 Å². The lowest BCUT2D eigenvalue weighted by Crippen LogP contribution is -1.96. The lowest BCUT2D eigenvalue weighted by atomic mass is 10.3. The fourth-order valence-corrected chi connectivity index (χ4v) is 1.39. The molecule has 5 heteroatoms. The minimum atomic E-state index is 0.666. The van der Waals surface area contributed by atoms with Gasteiger partial charge in [-0.25, -0.2) is 0 Å². The van der Waals surface area contributed by atoms with Crippen molar-refractivity contribution in [3.05, 3.63) is 35.9 Å². The van der Waals surface area contributed by atoms with E-state index >= 15 is 0 Å². The highest BCUT2D eigenvalue weighted by molar-refractivity contribution is 5.39. The van der Waals surface area contributed by atoms with Crippen LogP contribution in [-0.4, -0.2) is 14.8 Å². The van der Waals surface area contributed by atoms with Crippen LogP contribution in [0.4, 0.5) is 5.69 Å². The predicted octanol–water partition coefficient (Wildman–Crippen LogP) is 1.23. The SMILES string of the molecule is Cn1cc(CNc2cn[nH]c2)cc1C#N. The van der Waals surface area contributed by atoms with E-state index in [9.17, 15) is 0 Å². The van der Waals surface area contributed by atoms with Gasteiger partial charge in [-0.3, -0.25) is 5.10 Å². The highest BCUT2D eigenvalue weighted by Crippen LogP contribution is 2.09. The number of hydrogen-bond donors (Lipinski definition) is 2. The standard InChI is InChI=1S/C10H11N5/c1-15-7-8(2-10(15)3-11)4-12-9-5-13-14-6-9/h2,5-7,12H,4H2,1H3,(H,13,14). The third kappa shape index (κ3) is 1.99. The van der Waals surface area contributed by atoms with Crippen LogP contribution < -0.4 is 5.32 Å². The fourth-order valence-electron chi connectivity index (χ4n) is 1.39. The topological polar surface area (TPSA) is 69.4 Å². The summed E-state index contributed by atoms with van der Waals surface area (Å²) >= 11 is 0. The molecule has 0 aliphatic rings. The molecule has 5 nitrogen and oxygen atoms in total. The van der Waals surface area contributed by atoms with Crippen LogP contribution in [0.2, 0.25) is 0 Å². The molecule has 15 heavy (non-hydrogen) atoms. The molecular formula is C10H11N5. The summed E-state index contributed by atoms with van der Waals surface area (Å²) in [4.78, 5) is 0. The normalized spacial score (nSPS) is 9.87. The Hall–Kier alpha value is -2.22. The van der Waals surface area contributed by atoms with Gasteiger partial charge in [-0.1, -0.05) is 0 Å². The van der Waals surface area contributed by atoms with Crippen molar-refractivity contribution in [1.82, 2.24) is 14.8 Å². The highest BCUT2D eigenvalue weighted by Gasteiger charge is 2.01. The zero-order chi connectivity index (χ0) is 10.7. The minimum absolute atomic E-state index is 0.666. The second kappa shape index (κ2) is 3.88. The maximum absolute atomic E-state index is 8.78. The molecule has 2 aromatic heterocycles. The van der Waals surface area contributed by atoms with E-state index in [2.05, 4.69) is 21.6 Å². The fraction of sp³-hybridized carbons (Fsp3) is 0.200. The van der Waals surface area contributed by atoms with E-state index in [1.165, 1.54) is 0 Å². The van der Waals surface area contributed by atoms with Crippen LogP contribution in [0.3, 0.4) is 0 Å². The Bertz CT molecular complexity index is 474. The van der Waals surface area contributed by atoms with E-state index in [0.29, 0.717) is 12.2 Å². The predicted molar refractivity (Wildman–Crippen MR) is 56.0 cm³/mol. The van der Waals surface area contributed by atoms with Gasteiger partial charge in [0.1, 0.15) is 11.8 Å². The van der Waals surface area contributed by atoms with Crippen molar-refractivity contribution in [1.29, 1.82) is 5.26 Å². The number of anilines is 1. The molecule has 76 valence electrons. The van der Waals surface area contributed by atoms with Crippen LogP contribution in [0.5, 0.6) is 0 Å². The van der Waals surface area contributed by atoms with Crippen molar-refractivity contribution >= 4 is 5.69 Å². The first-order valence-electron chi connectivity index (χ1n) is 4.57. The second-order valence-corrected chi connectivity index (χ2v) is 3.30. The van der Waals surface area contributed by atoms with Crippen LogP contribution in [-0.2, 0) is 13.6 Å². The summed E-state index contributed by atoms with van der Waals surface area (Å²) in [6.45, 7) is 0.690. The van der Waals surface area contributed by atoms with E-state index in [0.717, 1.165) is 11.3 Å². The summed E-state index contributed by atoms with van der Waals surface area (Å²) in [5.74, 6) is 0. The molecule has 2 heterocycles. The van der Waals surface area contributed by atoms with E-state index < -0.39 is 0 Å². The highest BCUT2D eigenvalue weighted by atomic mass is 15.1. The van der Waals surface area contributed by atoms with Gasteiger partial charge in [-0.05, 0) is 11.6 Å². The van der Waals surface area contributed by atoms with Crippen LogP contribution >= 0.6 is 0 Å². The summed E-state index contributed by atoms with van der Waals surface area (Å²) in [7, 11) is 1.86. The number of rotatable bonds is 3. The molecule has 0 aliphatic carbocycles. The molecule has 0 bridgehead atoms. The van der Waals surface area contributed by atoms with Crippen LogP contribution in [0.1, 0.15) is 11.3 Å². The lowest BCUT2D eigenvalue weighted by molar-refractivity contribution is 0.902. The number of nitrogens with one attached hydrogen (secondary N) is 2. The second-order valence-electron chi connectivity index (χ2n) is 3.30. The van der Waals surface area contributed by atoms with Gasteiger partial charge in [0.25, 0.3) is 0 Å². The van der Waals surface area contributed by atoms with Gasteiger partial charge in [-0.15, -0.1) is 0 Å². The smallest absolute Gasteiger partial charge is 0.120 e. The molecular weight excluding hydrogens is 190 g/mol. The average Bonchev–Trinajstić information content (AvgIpc) is 2.83. The summed E-state index contributed by atoms with van der Waals surface area (Å²) in [5, 5.41) is 18.5. The largest absolute Gasteiger partial charge is 0.378 e. The quantitative estimate of drug-likeness (QED) is 0.784. The molecule has 0 saturated heterocycles. The monoisotopic (exact) mass is 201 g/mol. The zero-order valence-electron chi connectivity index (χ0n) is 8.36. The number of H-pyrrole nitrogens is 1. The number of aryl methyl sites for hydroxylation is 1. The Morgan fingerprint density at radius 2 is 2.53 bits per heavy atom. The summed E-state index contributed by atoms with van der Waals surface area (Å²) in [6, 6.07) is 3.99. The van der Waals surface area contributed by atoms with Gasteiger partial charge in [0.2, 0.25) is 0 Å². The van der Waals surface area contributed by atoms with Gasteiger partial charge < -0.3 is 9.88 Å². The van der Waals surface area contributed by atoms with Crippen LogP contribution in [0.15, 0.2) is 24.7 Å². The average molecular weight is 201 g/mol. The number of aromatic nitrogens is 3. The Balaban J connectivity index is 2.03. The Morgan fingerprint density at radius 1 is 1.67 bits per heavy atom. The molecule has 0 spiro atoms. The van der Waals surface area contributed by atoms with Gasteiger partial charge in [-0.2, -0.15) is 10.4 Å². The molecule has 0 fully saturated rings. The molecule has 0 saturated carbocycles. The third-order valence-corrected chi connectivity index (χ3v) is 2.17. The van der Waals surface area contributed by atoms with E-state index in [4.69, 9.17) is 5.26 Å². The number of aromatic amines is 1. The zero-order valence-corrected chi connectivity index (χ0v) is 8.36. The van der Waals surface area contributed by atoms with Crippen LogP contribution in [0, 0.1) is 11.3 Å². The molecule has 2 N–H and O–H groups in total. The molecule has 0 unspecified atom stereocenters. The van der Waals surface area contributed by atoms with Crippen molar-refractivity contribution in [2.24, 2.45) is 7.05 Å². The minimum Gasteiger partial charge on any atom is -0.378 e. The number of nitriles is 1. The summed E-state index contributed by atoms with van der Waals surface area (Å²) < 4.78 is 1.81. The van der Waals surface area contributed by atoms with Gasteiger partial charge in [0, 0.05) is 26.0 Å². The third-order valence-electron chi connectivity index (χ3n) is 2.17. The van der Waals surface area contributed by atoms with E-state index in [1.54, 1.807) is 12.4 Å². The molecule has 0 amide bonds. The van der Waals surface area contributed by atoms with E-state index in [-0.39, 0.29) is 0 Å². The first-order chi connectivity index (χ1) is 7.29. The summed E-state index contributed by atoms with van der Waals surface area (Å²) in [6.07, 6.45) is 5.44. The maximum atomic E-state index is 8.78. The van der Waals surface area contributed by atoms with Crippen molar-refractivity contribution in [2.75, 3.05) is 5.32 Å². The molecule has 0 aromatic carbocycles. The summed E-state index contributed by atoms with van der Waals surface area (Å²) in [5.41, 5.74) is 2.69. The molecule has 0 radical (unpaired) electrons. The first kappa shape index (κ1) is 9.34. The van der Waals surface area contributed by atoms with Crippen LogP contribution in [0.25, 0.3) is 0 Å². The Morgan fingerprint density at radius 3 is 3.13 bits per heavy atom. The maximum Gasteiger partial charge on any atom is 0.120 e. The first-order valence-corrected chi connectivity index (χ1v) is 4.57. The molecule has 0 aliphatic heterocycles. The molecule has 2 aromatic rings. The van der Waals surface area contributed by atoms with Gasteiger partial charge in [0.15, 0.2) is 0 Å². The van der Waals surface area contributed by atoms with Gasteiger partial charge >= 0.3 is 0 Å².